The maximum atomic E-state index is 6.21. The molecule has 0 heterocycles. The second-order valence-electron chi connectivity index (χ2n) is 9.90. The molecule has 0 bridgehead atoms. The van der Waals surface area contributed by atoms with Gasteiger partial charge in [0.2, 0.25) is 0 Å². The molecule has 0 aromatic rings. The van der Waals surface area contributed by atoms with Crippen LogP contribution in [0.25, 0.3) is 0 Å². The predicted octanol–water partition coefficient (Wildman–Crippen LogP) is 6.09. The Kier molecular flexibility index (Phi) is 19.2. The van der Waals surface area contributed by atoms with E-state index in [4.69, 9.17) is 8.85 Å². The van der Waals surface area contributed by atoms with Crippen molar-refractivity contribution in [2.24, 2.45) is 5.41 Å². The van der Waals surface area contributed by atoms with Crippen molar-refractivity contribution in [1.29, 1.82) is 0 Å². The van der Waals surface area contributed by atoms with Gasteiger partial charge in [0.1, 0.15) is 0 Å². The fraction of sp³-hybridized carbons (Fsp3) is 1.00. The molecule has 200 valence electrons. The first-order chi connectivity index (χ1) is 15.9. The summed E-state index contributed by atoms with van der Waals surface area (Å²) in [7, 11) is 1.58. The summed E-state index contributed by atoms with van der Waals surface area (Å²) in [6.07, 6.45) is 7.42. The summed E-state index contributed by atoms with van der Waals surface area (Å²) in [5, 5.41) is 0. The maximum absolute atomic E-state index is 6.21. The van der Waals surface area contributed by atoms with E-state index in [0.29, 0.717) is 0 Å². The van der Waals surface area contributed by atoms with Crippen LogP contribution in [0.3, 0.4) is 0 Å². The van der Waals surface area contributed by atoms with Crippen molar-refractivity contribution in [2.75, 3.05) is 73.1 Å². The smallest absolute Gasteiger partial charge is 0.337 e. The quantitative estimate of drug-likeness (QED) is 0.163. The Morgan fingerprint density at radius 3 is 1.09 bits per heavy atom. The van der Waals surface area contributed by atoms with Gasteiger partial charge in [-0.05, 0) is 115 Å². The third kappa shape index (κ3) is 12.5. The summed E-state index contributed by atoms with van der Waals surface area (Å²) < 4.78 is 12.4. The van der Waals surface area contributed by atoms with E-state index in [1.807, 2.05) is 14.2 Å². The molecule has 0 spiro atoms. The Morgan fingerprint density at radius 2 is 0.879 bits per heavy atom. The van der Waals surface area contributed by atoms with Gasteiger partial charge >= 0.3 is 8.56 Å². The molecular formula is C27H61N3O2Si. The molecule has 6 heteroatoms. The van der Waals surface area contributed by atoms with Gasteiger partial charge in [0, 0.05) is 14.2 Å². The molecule has 5 nitrogen and oxygen atoms in total. The Balaban J connectivity index is 5.98. The Morgan fingerprint density at radius 1 is 0.545 bits per heavy atom. The fourth-order valence-electron chi connectivity index (χ4n) is 5.27. The standard InChI is InChI=1S/C27H61N3O2Si/c1-10-20-28(13-4)23-17-27(18-24-29(14-5)21-11-2,19-25-30(15-6)22-12-3)26-33(16-7,31-8)32-9/h10-26H2,1-9H3. The molecule has 0 aliphatic heterocycles. The van der Waals surface area contributed by atoms with E-state index in [0.717, 1.165) is 31.7 Å². The second kappa shape index (κ2) is 19.2. The number of rotatable bonds is 23. The summed E-state index contributed by atoms with van der Waals surface area (Å²) in [4.78, 5) is 7.95. The van der Waals surface area contributed by atoms with Crippen LogP contribution in [-0.4, -0.2) is 96.4 Å². The number of nitrogens with zero attached hydrogens (tertiary/aromatic N) is 3. The molecule has 33 heavy (non-hydrogen) atoms. The van der Waals surface area contributed by atoms with Crippen molar-refractivity contribution in [1.82, 2.24) is 14.7 Å². The normalized spacial score (nSPS) is 13.1. The van der Waals surface area contributed by atoms with Crippen LogP contribution in [0.15, 0.2) is 0 Å². The highest BCUT2D eigenvalue weighted by Crippen LogP contribution is 2.42. The highest BCUT2D eigenvalue weighted by molar-refractivity contribution is 6.67. The predicted molar refractivity (Wildman–Crippen MR) is 149 cm³/mol. The lowest BCUT2D eigenvalue weighted by Crippen LogP contribution is -2.47. The van der Waals surface area contributed by atoms with Crippen LogP contribution >= 0.6 is 0 Å². The van der Waals surface area contributed by atoms with E-state index in [9.17, 15) is 0 Å². The molecule has 0 aliphatic carbocycles. The van der Waals surface area contributed by atoms with E-state index in [1.165, 1.54) is 77.8 Å². The van der Waals surface area contributed by atoms with Crippen molar-refractivity contribution >= 4 is 8.56 Å². The Hall–Kier alpha value is 0.0169. The highest BCUT2D eigenvalue weighted by Gasteiger charge is 2.44. The van der Waals surface area contributed by atoms with E-state index < -0.39 is 8.56 Å². The van der Waals surface area contributed by atoms with Crippen molar-refractivity contribution in [3.63, 3.8) is 0 Å². The van der Waals surface area contributed by atoms with Crippen molar-refractivity contribution in [2.45, 2.75) is 99.1 Å². The van der Waals surface area contributed by atoms with Crippen LogP contribution in [0, 0.1) is 5.41 Å². The Labute approximate surface area is 209 Å². The zero-order chi connectivity index (χ0) is 25.2. The van der Waals surface area contributed by atoms with Gasteiger partial charge < -0.3 is 23.6 Å². The summed E-state index contributed by atoms with van der Waals surface area (Å²) in [6.45, 7) is 26.7. The largest absolute Gasteiger partial charge is 0.398 e. The second-order valence-corrected chi connectivity index (χ2v) is 13.6. The van der Waals surface area contributed by atoms with Crippen LogP contribution < -0.4 is 0 Å². The maximum Gasteiger partial charge on any atom is 0.337 e. The molecule has 0 rings (SSSR count). The SMILES string of the molecule is CCCN(CC)CCC(CCN(CC)CCC)(CCN(CC)CCC)C[Si](CC)(OC)OC. The lowest BCUT2D eigenvalue weighted by Gasteiger charge is -2.43. The van der Waals surface area contributed by atoms with Crippen molar-refractivity contribution in [3.8, 4) is 0 Å². The average molecular weight is 488 g/mol. The van der Waals surface area contributed by atoms with Crippen LogP contribution in [0.5, 0.6) is 0 Å². The molecule has 0 aromatic heterocycles. The van der Waals surface area contributed by atoms with E-state index >= 15 is 0 Å². The lowest BCUT2D eigenvalue weighted by molar-refractivity contribution is 0.122. The minimum atomic E-state index is -2.21. The summed E-state index contributed by atoms with van der Waals surface area (Å²) >= 11 is 0. The van der Waals surface area contributed by atoms with E-state index in [2.05, 4.69) is 63.2 Å². The highest BCUT2D eigenvalue weighted by atomic mass is 28.4. The molecule has 0 aromatic carbocycles. The van der Waals surface area contributed by atoms with Gasteiger partial charge in [-0.1, -0.05) is 48.5 Å². The van der Waals surface area contributed by atoms with Crippen LogP contribution in [0.1, 0.15) is 87.0 Å². The minimum Gasteiger partial charge on any atom is -0.398 e. The monoisotopic (exact) mass is 487 g/mol. The van der Waals surface area contributed by atoms with Crippen molar-refractivity contribution in [3.05, 3.63) is 0 Å². The first kappa shape index (κ1) is 33.0. The number of hydrogen-bond acceptors (Lipinski definition) is 5. The van der Waals surface area contributed by atoms with Gasteiger partial charge in [-0.25, -0.2) is 0 Å². The molecule has 0 fully saturated rings. The van der Waals surface area contributed by atoms with Crippen LogP contribution in [0.4, 0.5) is 0 Å². The van der Waals surface area contributed by atoms with Gasteiger partial charge in [0.25, 0.3) is 0 Å². The van der Waals surface area contributed by atoms with Gasteiger partial charge in [-0.2, -0.15) is 0 Å². The van der Waals surface area contributed by atoms with Gasteiger partial charge in [-0.3, -0.25) is 0 Å². The zero-order valence-electron chi connectivity index (χ0n) is 24.2. The molecular weight excluding hydrogens is 426 g/mol. The van der Waals surface area contributed by atoms with E-state index in [-0.39, 0.29) is 5.41 Å². The summed E-state index contributed by atoms with van der Waals surface area (Å²) in [6, 6.07) is 2.13. The topological polar surface area (TPSA) is 28.2 Å². The molecule has 0 saturated carbocycles. The van der Waals surface area contributed by atoms with Crippen molar-refractivity contribution < 1.29 is 8.85 Å². The average Bonchev–Trinajstić information content (AvgIpc) is 2.85. The van der Waals surface area contributed by atoms with Gasteiger partial charge in [0.15, 0.2) is 0 Å². The van der Waals surface area contributed by atoms with Crippen LogP contribution in [0.2, 0.25) is 12.1 Å². The van der Waals surface area contributed by atoms with Gasteiger partial charge in [-0.15, -0.1) is 0 Å². The molecule has 0 atom stereocenters. The minimum absolute atomic E-state index is 0.262. The third-order valence-electron chi connectivity index (χ3n) is 7.76. The summed E-state index contributed by atoms with van der Waals surface area (Å²) in [5.41, 5.74) is 0.262. The first-order valence-electron chi connectivity index (χ1n) is 14.1. The molecule has 0 saturated heterocycles. The third-order valence-corrected chi connectivity index (χ3v) is 11.6. The summed E-state index contributed by atoms with van der Waals surface area (Å²) in [5.74, 6) is 0. The van der Waals surface area contributed by atoms with Gasteiger partial charge in [0.05, 0.1) is 0 Å². The lowest BCUT2D eigenvalue weighted by atomic mass is 9.79. The molecule has 0 unspecified atom stereocenters. The molecule has 0 radical (unpaired) electrons. The van der Waals surface area contributed by atoms with Crippen LogP contribution in [-0.2, 0) is 8.85 Å². The number of hydrogen-bond donors (Lipinski definition) is 0. The van der Waals surface area contributed by atoms with E-state index in [1.54, 1.807) is 0 Å². The molecule has 0 aliphatic rings. The Bertz CT molecular complexity index is 395. The first-order valence-corrected chi connectivity index (χ1v) is 16.4. The molecule has 0 amide bonds. The zero-order valence-corrected chi connectivity index (χ0v) is 25.2. The fourth-order valence-corrected chi connectivity index (χ4v) is 8.23. The molecule has 0 N–H and O–H groups in total.